The monoisotopic (exact) mass is 468 g/mol. The summed E-state index contributed by atoms with van der Waals surface area (Å²) in [6.07, 6.45) is 6.53. The fourth-order valence-electron chi connectivity index (χ4n) is 4.57. The van der Waals surface area contributed by atoms with Gasteiger partial charge in [-0.2, -0.15) is 0 Å². The quantitative estimate of drug-likeness (QED) is 0.427. The Hall–Kier alpha value is -3.86. The number of benzene rings is 3. The minimum absolute atomic E-state index is 0.0575. The number of aliphatic carboxylic acids is 1. The number of para-hydroxylation sites is 1. The number of hydrogen-bond donors (Lipinski definition) is 2. The molecule has 4 rings (SSSR count). The van der Waals surface area contributed by atoms with Crippen LogP contribution in [0, 0.1) is 6.92 Å². The number of anilines is 1. The Morgan fingerprint density at radius 3 is 2.31 bits per heavy atom. The van der Waals surface area contributed by atoms with E-state index in [0.717, 1.165) is 41.4 Å². The standard InChI is InChI=1S/C30H32N2O3/c1-22-9-16-25(17-10-22)30(26-7-3-4-8-27(26)32-19-5-2-6-20-32)31-28(33)21-24-13-11-23(12-14-24)15-18-29(34)35/h3-4,7-18,30H,2,5-6,19-21H2,1H3,(H,31,33)(H,34,35)/b18-15+. The highest BCUT2D eigenvalue weighted by Crippen LogP contribution is 2.32. The summed E-state index contributed by atoms with van der Waals surface area (Å²) in [6, 6.07) is 23.9. The molecule has 1 saturated heterocycles. The predicted molar refractivity (Wildman–Crippen MR) is 140 cm³/mol. The van der Waals surface area contributed by atoms with Crippen molar-refractivity contribution in [3.63, 3.8) is 0 Å². The first-order valence-electron chi connectivity index (χ1n) is 12.2. The van der Waals surface area contributed by atoms with Gasteiger partial charge in [-0.25, -0.2) is 4.79 Å². The number of carboxylic acids is 1. The first kappa shape index (κ1) is 24.3. The summed E-state index contributed by atoms with van der Waals surface area (Å²) in [5.41, 5.74) is 6.20. The van der Waals surface area contributed by atoms with Crippen LogP contribution in [0.25, 0.3) is 6.08 Å². The van der Waals surface area contributed by atoms with Crippen LogP contribution in [-0.4, -0.2) is 30.1 Å². The second kappa shape index (κ2) is 11.5. The van der Waals surface area contributed by atoms with Crippen LogP contribution >= 0.6 is 0 Å². The smallest absolute Gasteiger partial charge is 0.328 e. The van der Waals surface area contributed by atoms with Crippen molar-refractivity contribution in [3.05, 3.63) is 107 Å². The van der Waals surface area contributed by atoms with Gasteiger partial charge in [-0.05, 0) is 55.0 Å². The summed E-state index contributed by atoms with van der Waals surface area (Å²) in [7, 11) is 0. The number of rotatable bonds is 8. The van der Waals surface area contributed by atoms with E-state index in [9.17, 15) is 9.59 Å². The average molecular weight is 469 g/mol. The second-order valence-electron chi connectivity index (χ2n) is 9.11. The molecule has 0 spiro atoms. The summed E-state index contributed by atoms with van der Waals surface area (Å²) in [5, 5.41) is 12.1. The second-order valence-corrected chi connectivity index (χ2v) is 9.11. The van der Waals surface area contributed by atoms with Crippen LogP contribution in [0.4, 0.5) is 5.69 Å². The lowest BCUT2D eigenvalue weighted by atomic mass is 9.94. The van der Waals surface area contributed by atoms with Gasteiger partial charge in [0.1, 0.15) is 0 Å². The number of nitrogens with one attached hydrogen (secondary N) is 1. The first-order chi connectivity index (χ1) is 17.0. The lowest BCUT2D eigenvalue weighted by Gasteiger charge is -2.33. The maximum Gasteiger partial charge on any atom is 0.328 e. The summed E-state index contributed by atoms with van der Waals surface area (Å²) in [6.45, 7) is 4.14. The Labute approximate surface area is 207 Å². The highest BCUT2D eigenvalue weighted by atomic mass is 16.4. The normalized spacial score (nSPS) is 14.6. The Balaban J connectivity index is 1.57. The maximum atomic E-state index is 13.2. The van der Waals surface area contributed by atoms with E-state index in [0.29, 0.717) is 0 Å². The predicted octanol–water partition coefficient (Wildman–Crippen LogP) is 5.53. The fourth-order valence-corrected chi connectivity index (χ4v) is 4.57. The molecule has 180 valence electrons. The van der Waals surface area contributed by atoms with Gasteiger partial charge in [-0.1, -0.05) is 72.3 Å². The molecule has 0 aliphatic carbocycles. The maximum absolute atomic E-state index is 13.2. The first-order valence-corrected chi connectivity index (χ1v) is 12.2. The van der Waals surface area contributed by atoms with Crippen LogP contribution < -0.4 is 10.2 Å². The number of hydrogen-bond acceptors (Lipinski definition) is 3. The molecular weight excluding hydrogens is 436 g/mol. The lowest BCUT2D eigenvalue weighted by Crippen LogP contribution is -2.34. The molecular formula is C30H32N2O3. The van der Waals surface area contributed by atoms with E-state index < -0.39 is 5.97 Å². The zero-order valence-electron chi connectivity index (χ0n) is 20.1. The van der Waals surface area contributed by atoms with E-state index in [4.69, 9.17) is 5.11 Å². The van der Waals surface area contributed by atoms with Crippen molar-refractivity contribution >= 4 is 23.6 Å². The van der Waals surface area contributed by atoms with Crippen LogP contribution in [0.2, 0.25) is 0 Å². The molecule has 0 bridgehead atoms. The molecule has 3 aromatic carbocycles. The average Bonchev–Trinajstić information content (AvgIpc) is 2.88. The topological polar surface area (TPSA) is 69.6 Å². The van der Waals surface area contributed by atoms with Gasteiger partial charge in [-0.3, -0.25) is 4.79 Å². The van der Waals surface area contributed by atoms with Gasteiger partial charge >= 0.3 is 5.97 Å². The van der Waals surface area contributed by atoms with Crippen molar-refractivity contribution in [3.8, 4) is 0 Å². The molecule has 0 radical (unpaired) electrons. The van der Waals surface area contributed by atoms with Gasteiger partial charge in [0, 0.05) is 30.4 Å². The molecule has 2 N–H and O–H groups in total. The molecule has 0 aromatic heterocycles. The molecule has 1 amide bonds. The fraction of sp³-hybridized carbons (Fsp3) is 0.267. The van der Waals surface area contributed by atoms with Crippen LogP contribution in [0.1, 0.15) is 53.1 Å². The Bertz CT molecular complexity index is 1180. The molecule has 5 nitrogen and oxygen atoms in total. The lowest BCUT2D eigenvalue weighted by molar-refractivity contribution is -0.131. The van der Waals surface area contributed by atoms with Crippen LogP contribution in [0.5, 0.6) is 0 Å². The van der Waals surface area contributed by atoms with Crippen molar-refractivity contribution in [1.29, 1.82) is 0 Å². The number of carbonyl (C=O) groups excluding carboxylic acids is 1. The number of aryl methyl sites for hydroxylation is 1. The van der Waals surface area contributed by atoms with E-state index >= 15 is 0 Å². The van der Waals surface area contributed by atoms with E-state index in [1.807, 2.05) is 30.3 Å². The molecule has 1 heterocycles. The van der Waals surface area contributed by atoms with Gasteiger partial charge in [-0.15, -0.1) is 0 Å². The summed E-state index contributed by atoms with van der Waals surface area (Å²) < 4.78 is 0. The summed E-state index contributed by atoms with van der Waals surface area (Å²) in [5.74, 6) is -1.04. The Morgan fingerprint density at radius 2 is 1.63 bits per heavy atom. The zero-order chi connectivity index (χ0) is 24.6. The van der Waals surface area contributed by atoms with E-state index in [2.05, 4.69) is 59.6 Å². The van der Waals surface area contributed by atoms with Crippen LogP contribution in [-0.2, 0) is 16.0 Å². The van der Waals surface area contributed by atoms with Gasteiger partial charge < -0.3 is 15.3 Å². The molecule has 3 aromatic rings. The zero-order valence-corrected chi connectivity index (χ0v) is 20.1. The molecule has 1 aliphatic rings. The third-order valence-electron chi connectivity index (χ3n) is 6.42. The molecule has 1 aliphatic heterocycles. The van der Waals surface area contributed by atoms with Crippen LogP contribution in [0.15, 0.2) is 78.9 Å². The number of piperidine rings is 1. The van der Waals surface area contributed by atoms with E-state index in [-0.39, 0.29) is 18.4 Å². The van der Waals surface area contributed by atoms with E-state index in [1.165, 1.54) is 36.6 Å². The number of carboxylic acid groups (broad SMARTS) is 1. The van der Waals surface area contributed by atoms with Crippen LogP contribution in [0.3, 0.4) is 0 Å². The minimum Gasteiger partial charge on any atom is -0.478 e. The highest BCUT2D eigenvalue weighted by Gasteiger charge is 2.23. The number of nitrogens with zero attached hydrogens (tertiary/aromatic N) is 1. The van der Waals surface area contributed by atoms with Gasteiger partial charge in [0.05, 0.1) is 12.5 Å². The molecule has 1 unspecified atom stereocenters. The van der Waals surface area contributed by atoms with E-state index in [1.54, 1.807) is 0 Å². The number of carbonyl (C=O) groups is 2. The highest BCUT2D eigenvalue weighted by molar-refractivity contribution is 5.85. The molecule has 5 heteroatoms. The minimum atomic E-state index is -0.986. The molecule has 1 fully saturated rings. The Kier molecular flexibility index (Phi) is 7.99. The van der Waals surface area contributed by atoms with Gasteiger partial charge in [0.15, 0.2) is 0 Å². The van der Waals surface area contributed by atoms with Gasteiger partial charge in [0.2, 0.25) is 5.91 Å². The van der Waals surface area contributed by atoms with Crippen molar-refractivity contribution in [1.82, 2.24) is 5.32 Å². The largest absolute Gasteiger partial charge is 0.478 e. The van der Waals surface area contributed by atoms with Crippen molar-refractivity contribution in [2.45, 2.75) is 38.6 Å². The SMILES string of the molecule is Cc1ccc(C(NC(=O)Cc2ccc(/C=C/C(=O)O)cc2)c2ccccc2N2CCCCC2)cc1. The Morgan fingerprint density at radius 1 is 0.943 bits per heavy atom. The third kappa shape index (κ3) is 6.60. The third-order valence-corrected chi connectivity index (χ3v) is 6.42. The number of amides is 1. The molecule has 0 saturated carbocycles. The van der Waals surface area contributed by atoms with Crippen molar-refractivity contribution < 1.29 is 14.7 Å². The molecule has 1 atom stereocenters. The van der Waals surface area contributed by atoms with Crippen molar-refractivity contribution in [2.24, 2.45) is 0 Å². The summed E-state index contributed by atoms with van der Waals surface area (Å²) >= 11 is 0. The summed E-state index contributed by atoms with van der Waals surface area (Å²) in [4.78, 5) is 26.4. The molecule has 35 heavy (non-hydrogen) atoms. The van der Waals surface area contributed by atoms with Crippen molar-refractivity contribution in [2.75, 3.05) is 18.0 Å². The van der Waals surface area contributed by atoms with Gasteiger partial charge in [0.25, 0.3) is 0 Å².